The van der Waals surface area contributed by atoms with Crippen LogP contribution in [0.2, 0.25) is 0 Å². The van der Waals surface area contributed by atoms with E-state index in [9.17, 15) is 9.59 Å². The van der Waals surface area contributed by atoms with E-state index in [0.29, 0.717) is 38.2 Å². The number of likely N-dealkylation sites (tertiary alicyclic amines) is 1. The molecule has 1 aliphatic rings. The summed E-state index contributed by atoms with van der Waals surface area (Å²) >= 11 is 0. The Bertz CT molecular complexity index is 1070. The molecule has 0 radical (unpaired) electrons. The van der Waals surface area contributed by atoms with Gasteiger partial charge in [-0.2, -0.15) is 0 Å². The Balaban J connectivity index is 1.42. The number of nitrogens with zero attached hydrogens (tertiary/aromatic N) is 2. The minimum atomic E-state index is -0.288. The molecular weight excluding hydrogens is 428 g/mol. The normalized spacial score (nSPS) is 17.6. The summed E-state index contributed by atoms with van der Waals surface area (Å²) in [6.45, 7) is 1.45. The Morgan fingerprint density at radius 3 is 2.47 bits per heavy atom. The van der Waals surface area contributed by atoms with Gasteiger partial charge in [0.2, 0.25) is 5.91 Å². The van der Waals surface area contributed by atoms with E-state index >= 15 is 0 Å². The van der Waals surface area contributed by atoms with Crippen LogP contribution in [0, 0.1) is 5.92 Å². The standard InChI is InChI=1S/C27H30N4O3/c1-34-25-12-10-24(11-13-25)30-27(33)31-18-21(20-7-3-2-4-8-20)17-22(19-31)26(32)29-16-14-23-9-5-6-15-28-23/h2-13,15,21-22H,14,16-19H2,1H3,(H,29,32)(H,30,33). The number of carbonyl (C=O) groups excluding carboxylic acids is 2. The van der Waals surface area contributed by atoms with Crippen LogP contribution in [0.25, 0.3) is 0 Å². The van der Waals surface area contributed by atoms with Crippen LogP contribution in [-0.2, 0) is 11.2 Å². The molecule has 0 saturated carbocycles. The Labute approximate surface area is 200 Å². The van der Waals surface area contributed by atoms with Gasteiger partial charge in [0, 0.05) is 49.6 Å². The number of aromatic nitrogens is 1. The number of rotatable bonds is 7. The first-order valence-electron chi connectivity index (χ1n) is 11.5. The van der Waals surface area contributed by atoms with Crippen molar-refractivity contribution in [3.05, 3.63) is 90.3 Å². The summed E-state index contributed by atoms with van der Waals surface area (Å²) in [4.78, 5) is 32.2. The molecular formula is C27H30N4O3. The average Bonchev–Trinajstić information content (AvgIpc) is 2.90. The Morgan fingerprint density at radius 1 is 1.00 bits per heavy atom. The average molecular weight is 459 g/mol. The minimum absolute atomic E-state index is 0.0289. The summed E-state index contributed by atoms with van der Waals surface area (Å²) in [5.41, 5.74) is 2.76. The lowest BCUT2D eigenvalue weighted by Gasteiger charge is -2.37. The minimum Gasteiger partial charge on any atom is -0.497 e. The van der Waals surface area contributed by atoms with Crippen LogP contribution >= 0.6 is 0 Å². The number of amides is 3. The lowest BCUT2D eigenvalue weighted by molar-refractivity contribution is -0.126. The van der Waals surface area contributed by atoms with E-state index in [4.69, 9.17) is 4.74 Å². The van der Waals surface area contributed by atoms with E-state index < -0.39 is 0 Å². The molecule has 1 aliphatic heterocycles. The zero-order valence-corrected chi connectivity index (χ0v) is 19.3. The number of pyridine rings is 1. The zero-order chi connectivity index (χ0) is 23.8. The van der Waals surface area contributed by atoms with Gasteiger partial charge in [0.15, 0.2) is 0 Å². The van der Waals surface area contributed by atoms with E-state index in [1.54, 1.807) is 42.5 Å². The highest BCUT2D eigenvalue weighted by Crippen LogP contribution is 2.31. The van der Waals surface area contributed by atoms with Crippen molar-refractivity contribution in [3.63, 3.8) is 0 Å². The molecule has 2 heterocycles. The van der Waals surface area contributed by atoms with Crippen molar-refractivity contribution in [2.24, 2.45) is 5.92 Å². The molecule has 2 N–H and O–H groups in total. The van der Waals surface area contributed by atoms with Crippen LogP contribution in [-0.4, -0.2) is 48.6 Å². The SMILES string of the molecule is COc1ccc(NC(=O)N2CC(C(=O)NCCc3ccccn3)CC(c3ccccc3)C2)cc1. The van der Waals surface area contributed by atoms with Crippen LogP contribution in [0.3, 0.4) is 0 Å². The summed E-state index contributed by atoms with van der Waals surface area (Å²) in [6, 6.07) is 22.8. The Kier molecular flexibility index (Phi) is 7.75. The van der Waals surface area contributed by atoms with Gasteiger partial charge >= 0.3 is 6.03 Å². The van der Waals surface area contributed by atoms with Gasteiger partial charge in [0.05, 0.1) is 13.0 Å². The fraction of sp³-hybridized carbons (Fsp3) is 0.296. The zero-order valence-electron chi connectivity index (χ0n) is 19.3. The van der Waals surface area contributed by atoms with Gasteiger partial charge in [-0.15, -0.1) is 0 Å². The van der Waals surface area contributed by atoms with Crippen molar-refractivity contribution >= 4 is 17.6 Å². The van der Waals surface area contributed by atoms with Crippen molar-refractivity contribution in [2.45, 2.75) is 18.8 Å². The van der Waals surface area contributed by atoms with Gasteiger partial charge in [-0.25, -0.2) is 4.79 Å². The smallest absolute Gasteiger partial charge is 0.321 e. The molecule has 0 aliphatic carbocycles. The quantitative estimate of drug-likeness (QED) is 0.559. The van der Waals surface area contributed by atoms with Crippen LogP contribution in [0.1, 0.15) is 23.6 Å². The Hall–Kier alpha value is -3.87. The fourth-order valence-corrected chi connectivity index (χ4v) is 4.30. The second-order valence-electron chi connectivity index (χ2n) is 8.47. The third kappa shape index (κ3) is 6.13. The number of anilines is 1. The predicted molar refractivity (Wildman–Crippen MR) is 132 cm³/mol. The molecule has 34 heavy (non-hydrogen) atoms. The maximum Gasteiger partial charge on any atom is 0.321 e. The van der Waals surface area contributed by atoms with Crippen LogP contribution < -0.4 is 15.4 Å². The van der Waals surface area contributed by atoms with E-state index in [1.807, 2.05) is 36.4 Å². The molecule has 7 heteroatoms. The molecule has 2 aromatic carbocycles. The van der Waals surface area contributed by atoms with Gasteiger partial charge in [-0.3, -0.25) is 9.78 Å². The predicted octanol–water partition coefficient (Wildman–Crippen LogP) is 4.09. The van der Waals surface area contributed by atoms with Crippen LogP contribution in [0.15, 0.2) is 79.0 Å². The summed E-state index contributed by atoms with van der Waals surface area (Å²) in [5.74, 6) is 0.494. The second-order valence-corrected chi connectivity index (χ2v) is 8.47. The molecule has 1 aromatic heterocycles. The fourth-order valence-electron chi connectivity index (χ4n) is 4.30. The number of carbonyl (C=O) groups is 2. The molecule has 2 unspecified atom stereocenters. The van der Waals surface area contributed by atoms with Gasteiger partial charge in [0.25, 0.3) is 0 Å². The largest absolute Gasteiger partial charge is 0.497 e. The Morgan fingerprint density at radius 2 is 1.76 bits per heavy atom. The van der Waals surface area contributed by atoms with Crippen molar-refractivity contribution in [1.82, 2.24) is 15.2 Å². The summed E-state index contributed by atoms with van der Waals surface area (Å²) in [7, 11) is 1.60. The maximum absolute atomic E-state index is 13.1. The number of piperidine rings is 1. The number of nitrogens with one attached hydrogen (secondary N) is 2. The van der Waals surface area contributed by atoms with Gasteiger partial charge in [-0.1, -0.05) is 36.4 Å². The van der Waals surface area contributed by atoms with Crippen LogP contribution in [0.5, 0.6) is 5.75 Å². The number of benzene rings is 2. The van der Waals surface area contributed by atoms with E-state index in [-0.39, 0.29) is 23.8 Å². The highest BCUT2D eigenvalue weighted by molar-refractivity contribution is 5.90. The van der Waals surface area contributed by atoms with Gasteiger partial charge < -0.3 is 20.3 Å². The summed E-state index contributed by atoms with van der Waals surface area (Å²) < 4.78 is 5.18. The summed E-state index contributed by atoms with van der Waals surface area (Å²) in [5, 5.41) is 5.99. The monoisotopic (exact) mass is 458 g/mol. The van der Waals surface area contributed by atoms with E-state index in [2.05, 4.69) is 27.8 Å². The molecule has 176 valence electrons. The molecule has 1 saturated heterocycles. The number of hydrogen-bond acceptors (Lipinski definition) is 4. The molecule has 1 fully saturated rings. The maximum atomic E-state index is 13.1. The molecule has 3 amide bonds. The van der Waals surface area contributed by atoms with Crippen molar-refractivity contribution in [2.75, 3.05) is 32.1 Å². The van der Waals surface area contributed by atoms with Gasteiger partial charge in [-0.05, 0) is 48.4 Å². The third-order valence-corrected chi connectivity index (χ3v) is 6.13. The van der Waals surface area contributed by atoms with Crippen molar-refractivity contribution < 1.29 is 14.3 Å². The lowest BCUT2D eigenvalue weighted by Crippen LogP contribution is -2.49. The van der Waals surface area contributed by atoms with Gasteiger partial charge in [0.1, 0.15) is 5.75 Å². The molecule has 4 rings (SSSR count). The van der Waals surface area contributed by atoms with Crippen molar-refractivity contribution in [3.8, 4) is 5.75 Å². The van der Waals surface area contributed by atoms with E-state index in [0.717, 1.165) is 17.0 Å². The topological polar surface area (TPSA) is 83.6 Å². The molecule has 7 nitrogen and oxygen atoms in total. The first-order chi connectivity index (χ1) is 16.6. The molecule has 3 aromatic rings. The number of ether oxygens (including phenoxy) is 1. The molecule has 2 atom stereocenters. The highest BCUT2D eigenvalue weighted by Gasteiger charge is 2.34. The van der Waals surface area contributed by atoms with E-state index in [1.165, 1.54) is 0 Å². The van der Waals surface area contributed by atoms with Crippen LogP contribution in [0.4, 0.5) is 10.5 Å². The first kappa shape index (κ1) is 23.3. The number of urea groups is 1. The number of hydrogen-bond donors (Lipinski definition) is 2. The molecule has 0 spiro atoms. The second kappa shape index (κ2) is 11.3. The third-order valence-electron chi connectivity index (χ3n) is 6.13. The summed E-state index contributed by atoms with van der Waals surface area (Å²) in [6.07, 6.45) is 3.12. The molecule has 0 bridgehead atoms. The highest BCUT2D eigenvalue weighted by atomic mass is 16.5. The lowest BCUT2D eigenvalue weighted by atomic mass is 9.84. The van der Waals surface area contributed by atoms with Crippen molar-refractivity contribution in [1.29, 1.82) is 0 Å². The number of methoxy groups -OCH3 is 1. The first-order valence-corrected chi connectivity index (χ1v) is 11.5.